The zero-order chi connectivity index (χ0) is 11.5. The van der Waals surface area contributed by atoms with Crippen LogP contribution in [0.5, 0.6) is 0 Å². The molecule has 0 fully saturated rings. The van der Waals surface area contributed by atoms with Crippen molar-refractivity contribution >= 4 is 17.6 Å². The van der Waals surface area contributed by atoms with Crippen LogP contribution in [0.2, 0.25) is 0 Å². The maximum absolute atomic E-state index is 11.6. The van der Waals surface area contributed by atoms with Crippen molar-refractivity contribution in [1.29, 1.82) is 0 Å². The topological polar surface area (TPSA) is 79.3 Å². The predicted octanol–water partition coefficient (Wildman–Crippen LogP) is 1.13. The van der Waals surface area contributed by atoms with Crippen LogP contribution in [-0.2, 0) is 9.59 Å². The third kappa shape index (κ3) is 2.52. The minimum absolute atomic E-state index is 0.483. The predicted molar refractivity (Wildman–Crippen MR) is 54.3 cm³/mol. The van der Waals surface area contributed by atoms with Crippen LogP contribution in [0.4, 0.5) is 5.69 Å². The van der Waals surface area contributed by atoms with Crippen molar-refractivity contribution in [2.45, 2.75) is 13.8 Å². The van der Waals surface area contributed by atoms with E-state index in [1.165, 1.54) is 20.0 Å². The van der Waals surface area contributed by atoms with Gasteiger partial charge in [-0.05, 0) is 26.0 Å². The van der Waals surface area contributed by atoms with Crippen LogP contribution in [0.3, 0.4) is 0 Å². The van der Waals surface area contributed by atoms with Crippen LogP contribution in [0, 0.1) is 5.41 Å². The number of aromatic nitrogens is 1. The number of rotatable bonds is 3. The normalized spacial score (nSPS) is 10.8. The third-order valence-corrected chi connectivity index (χ3v) is 2.02. The van der Waals surface area contributed by atoms with Gasteiger partial charge in [0.25, 0.3) is 0 Å². The van der Waals surface area contributed by atoms with Gasteiger partial charge in [-0.1, -0.05) is 0 Å². The van der Waals surface area contributed by atoms with Crippen molar-refractivity contribution in [1.82, 2.24) is 4.98 Å². The highest BCUT2D eigenvalue weighted by Gasteiger charge is 2.35. The molecule has 0 aliphatic carbocycles. The molecule has 0 saturated heterocycles. The van der Waals surface area contributed by atoms with Gasteiger partial charge < -0.3 is 10.4 Å². The molecule has 0 saturated carbocycles. The van der Waals surface area contributed by atoms with Crippen molar-refractivity contribution in [3.8, 4) is 0 Å². The van der Waals surface area contributed by atoms with E-state index in [4.69, 9.17) is 5.11 Å². The van der Waals surface area contributed by atoms with Gasteiger partial charge in [0.1, 0.15) is 5.41 Å². The molecule has 0 aliphatic heterocycles. The van der Waals surface area contributed by atoms with E-state index in [0.29, 0.717) is 5.69 Å². The molecule has 1 aromatic heterocycles. The molecule has 0 aromatic carbocycles. The molecule has 2 N–H and O–H groups in total. The number of hydrogen-bond acceptors (Lipinski definition) is 3. The Kier molecular flexibility index (Phi) is 3.04. The highest BCUT2D eigenvalue weighted by molar-refractivity contribution is 6.07. The van der Waals surface area contributed by atoms with Crippen LogP contribution < -0.4 is 5.32 Å². The summed E-state index contributed by atoms with van der Waals surface area (Å²) in [6.07, 6.45) is 3.02. The summed E-state index contributed by atoms with van der Waals surface area (Å²) in [6.45, 7) is 2.70. The Hall–Kier alpha value is -1.91. The molecule has 0 spiro atoms. The van der Waals surface area contributed by atoms with Crippen LogP contribution in [-0.4, -0.2) is 22.0 Å². The zero-order valence-corrected chi connectivity index (χ0v) is 8.52. The number of nitrogens with zero attached hydrogens (tertiary/aromatic N) is 1. The highest BCUT2D eigenvalue weighted by Crippen LogP contribution is 2.18. The number of nitrogens with one attached hydrogen (secondary N) is 1. The molecule has 1 heterocycles. The van der Waals surface area contributed by atoms with E-state index in [1.54, 1.807) is 18.3 Å². The summed E-state index contributed by atoms with van der Waals surface area (Å²) in [5.41, 5.74) is -0.965. The van der Waals surface area contributed by atoms with Gasteiger partial charge in [0, 0.05) is 6.20 Å². The first-order chi connectivity index (χ1) is 6.94. The van der Waals surface area contributed by atoms with E-state index in [0.717, 1.165) is 0 Å². The minimum atomic E-state index is -1.45. The summed E-state index contributed by atoms with van der Waals surface area (Å²) in [6, 6.07) is 3.30. The van der Waals surface area contributed by atoms with Crippen molar-refractivity contribution in [2.75, 3.05) is 5.32 Å². The molecule has 15 heavy (non-hydrogen) atoms. The molecule has 0 aliphatic rings. The molecule has 0 unspecified atom stereocenters. The summed E-state index contributed by atoms with van der Waals surface area (Å²) in [5.74, 6) is -1.73. The van der Waals surface area contributed by atoms with Gasteiger partial charge in [0.15, 0.2) is 0 Å². The molecular formula is C10H12N2O3. The number of carbonyl (C=O) groups excluding carboxylic acids is 1. The van der Waals surface area contributed by atoms with E-state index < -0.39 is 17.3 Å². The molecule has 80 valence electrons. The van der Waals surface area contributed by atoms with Crippen LogP contribution in [0.25, 0.3) is 0 Å². The summed E-state index contributed by atoms with van der Waals surface area (Å²) < 4.78 is 0. The minimum Gasteiger partial charge on any atom is -0.480 e. The third-order valence-electron chi connectivity index (χ3n) is 2.02. The van der Waals surface area contributed by atoms with E-state index in [2.05, 4.69) is 10.3 Å². The second kappa shape index (κ2) is 4.08. The van der Waals surface area contributed by atoms with Crippen LogP contribution in [0.1, 0.15) is 13.8 Å². The van der Waals surface area contributed by atoms with Gasteiger partial charge in [-0.3, -0.25) is 14.6 Å². The summed E-state index contributed by atoms with van der Waals surface area (Å²) in [5, 5.41) is 11.3. The second-order valence-electron chi connectivity index (χ2n) is 3.63. The monoisotopic (exact) mass is 208 g/mol. The van der Waals surface area contributed by atoms with Gasteiger partial charge in [-0.25, -0.2) is 0 Å². The van der Waals surface area contributed by atoms with Gasteiger partial charge in [0.05, 0.1) is 11.9 Å². The lowest BCUT2D eigenvalue weighted by molar-refractivity contribution is -0.151. The molecule has 1 amide bonds. The zero-order valence-electron chi connectivity index (χ0n) is 8.52. The average Bonchev–Trinajstić information content (AvgIpc) is 2.18. The van der Waals surface area contributed by atoms with Gasteiger partial charge in [0.2, 0.25) is 5.91 Å². The number of pyridine rings is 1. The van der Waals surface area contributed by atoms with Crippen molar-refractivity contribution in [3.05, 3.63) is 24.5 Å². The van der Waals surface area contributed by atoms with Crippen molar-refractivity contribution < 1.29 is 14.7 Å². The molecular weight excluding hydrogens is 196 g/mol. The van der Waals surface area contributed by atoms with Gasteiger partial charge in [-0.15, -0.1) is 0 Å². The number of carboxylic acids is 1. The number of carbonyl (C=O) groups is 2. The maximum Gasteiger partial charge on any atom is 0.318 e. The quantitative estimate of drug-likeness (QED) is 0.730. The first-order valence-corrected chi connectivity index (χ1v) is 4.39. The first kappa shape index (κ1) is 11.2. The Balaban J connectivity index is 2.77. The smallest absolute Gasteiger partial charge is 0.318 e. The van der Waals surface area contributed by atoms with E-state index >= 15 is 0 Å². The highest BCUT2D eigenvalue weighted by atomic mass is 16.4. The van der Waals surface area contributed by atoms with Gasteiger partial charge >= 0.3 is 5.97 Å². The summed E-state index contributed by atoms with van der Waals surface area (Å²) in [4.78, 5) is 26.1. The van der Waals surface area contributed by atoms with E-state index in [9.17, 15) is 9.59 Å². The molecule has 0 bridgehead atoms. The SMILES string of the molecule is CC(C)(C(=O)O)C(=O)Nc1cccnc1. The Morgan fingerprint density at radius 1 is 1.47 bits per heavy atom. The van der Waals surface area contributed by atoms with Crippen molar-refractivity contribution in [3.63, 3.8) is 0 Å². The van der Waals surface area contributed by atoms with Crippen molar-refractivity contribution in [2.24, 2.45) is 5.41 Å². The maximum atomic E-state index is 11.6. The molecule has 5 nitrogen and oxygen atoms in total. The van der Waals surface area contributed by atoms with Crippen LogP contribution >= 0.6 is 0 Å². The van der Waals surface area contributed by atoms with Crippen LogP contribution in [0.15, 0.2) is 24.5 Å². The fourth-order valence-electron chi connectivity index (χ4n) is 0.821. The molecule has 1 aromatic rings. The fourth-order valence-corrected chi connectivity index (χ4v) is 0.821. The molecule has 1 rings (SSSR count). The Morgan fingerprint density at radius 3 is 2.60 bits per heavy atom. The number of aliphatic carboxylic acids is 1. The molecule has 5 heteroatoms. The fraction of sp³-hybridized carbons (Fsp3) is 0.300. The van der Waals surface area contributed by atoms with Gasteiger partial charge in [-0.2, -0.15) is 0 Å². The number of carboxylic acid groups (broad SMARTS) is 1. The standard InChI is InChI=1S/C10H12N2O3/c1-10(2,9(14)15)8(13)12-7-4-3-5-11-6-7/h3-6H,1-2H3,(H,12,13)(H,14,15). The number of hydrogen-bond donors (Lipinski definition) is 2. The Bertz CT molecular complexity index is 374. The number of amides is 1. The second-order valence-corrected chi connectivity index (χ2v) is 3.63. The Morgan fingerprint density at radius 2 is 2.13 bits per heavy atom. The molecule has 0 radical (unpaired) electrons. The largest absolute Gasteiger partial charge is 0.480 e. The molecule has 0 atom stereocenters. The summed E-state index contributed by atoms with van der Waals surface area (Å²) >= 11 is 0. The van der Waals surface area contributed by atoms with E-state index in [-0.39, 0.29) is 0 Å². The average molecular weight is 208 g/mol. The lowest BCUT2D eigenvalue weighted by atomic mass is 9.92. The lowest BCUT2D eigenvalue weighted by Gasteiger charge is -2.17. The van der Waals surface area contributed by atoms with E-state index in [1.807, 2.05) is 0 Å². The number of anilines is 1. The first-order valence-electron chi connectivity index (χ1n) is 4.39. The lowest BCUT2D eigenvalue weighted by Crippen LogP contribution is -2.37. The Labute approximate surface area is 87.1 Å². The summed E-state index contributed by atoms with van der Waals surface area (Å²) in [7, 11) is 0.